The van der Waals surface area contributed by atoms with E-state index >= 15 is 0 Å². The minimum atomic E-state index is -5.48. The average Bonchev–Trinajstić information content (AvgIpc) is 3.30. The largest absolute Gasteiger partial charge is 0.511 e. The van der Waals surface area contributed by atoms with Crippen molar-refractivity contribution in [3.8, 4) is 16.9 Å². The quantitative estimate of drug-likeness (QED) is 0.562. The highest BCUT2D eigenvalue weighted by molar-refractivity contribution is 7.90. The number of rotatable bonds is 6. The molecule has 3 aromatic rings. The molecular formula is C23H22F3N3O4S. The molecule has 1 amide bonds. The molecular weight excluding hydrogens is 471 g/mol. The van der Waals surface area contributed by atoms with E-state index in [9.17, 15) is 26.4 Å². The standard InChI is InChI=1S/C23H22F3N3O4S/c1-33-18-7-4-15(5-8-18)16-6-9-21-20(13-16)19(10-11-27-21)22(30)29-12-2-3-17(29)14-28-34(31,32)23(24,25)26/h4-11,13,17,28H,2-3,12,14H2,1H3/t17-/m0/s1. The Balaban J connectivity index is 1.62. The van der Waals surface area contributed by atoms with Gasteiger partial charge in [0.25, 0.3) is 5.91 Å². The highest BCUT2D eigenvalue weighted by Gasteiger charge is 2.46. The lowest BCUT2D eigenvalue weighted by Crippen LogP contribution is -2.46. The monoisotopic (exact) mass is 493 g/mol. The summed E-state index contributed by atoms with van der Waals surface area (Å²) in [6.45, 7) is -0.188. The molecule has 2 aromatic carbocycles. The molecule has 7 nitrogen and oxygen atoms in total. The van der Waals surface area contributed by atoms with E-state index in [1.54, 1.807) is 24.0 Å². The van der Waals surface area contributed by atoms with E-state index in [1.807, 2.05) is 36.4 Å². The number of benzene rings is 2. The molecule has 1 aliphatic rings. The number of carbonyl (C=O) groups is 1. The molecule has 1 saturated heterocycles. The summed E-state index contributed by atoms with van der Waals surface area (Å²) in [6, 6.07) is 13.8. The van der Waals surface area contributed by atoms with E-state index in [0.717, 1.165) is 11.1 Å². The highest BCUT2D eigenvalue weighted by Crippen LogP contribution is 2.29. The number of hydrogen-bond donors (Lipinski definition) is 1. The van der Waals surface area contributed by atoms with Crippen molar-refractivity contribution in [3.63, 3.8) is 0 Å². The zero-order valence-electron chi connectivity index (χ0n) is 18.2. The van der Waals surface area contributed by atoms with Crippen LogP contribution >= 0.6 is 0 Å². The number of alkyl halides is 3. The topological polar surface area (TPSA) is 88.6 Å². The summed E-state index contributed by atoms with van der Waals surface area (Å²) in [6.07, 6.45) is 2.45. The second kappa shape index (κ2) is 9.22. The van der Waals surface area contributed by atoms with Gasteiger partial charge in [0.15, 0.2) is 0 Å². The van der Waals surface area contributed by atoms with Gasteiger partial charge in [-0.15, -0.1) is 0 Å². The summed E-state index contributed by atoms with van der Waals surface area (Å²) in [7, 11) is -3.90. The number of nitrogens with one attached hydrogen (secondary N) is 1. The van der Waals surface area contributed by atoms with Gasteiger partial charge in [0.2, 0.25) is 0 Å². The molecule has 34 heavy (non-hydrogen) atoms. The van der Waals surface area contributed by atoms with Gasteiger partial charge >= 0.3 is 15.5 Å². The number of ether oxygens (including phenoxy) is 1. The number of carbonyl (C=O) groups excluding carboxylic acids is 1. The number of fused-ring (bicyclic) bond motifs is 1. The van der Waals surface area contributed by atoms with Crippen LogP contribution in [0.4, 0.5) is 13.2 Å². The molecule has 1 fully saturated rings. The van der Waals surface area contributed by atoms with Gasteiger partial charge in [0.05, 0.1) is 18.2 Å². The van der Waals surface area contributed by atoms with E-state index in [1.165, 1.54) is 11.1 Å². The number of nitrogens with zero attached hydrogens (tertiary/aromatic N) is 2. The lowest BCUT2D eigenvalue weighted by Gasteiger charge is -2.25. The third-order valence-corrected chi connectivity index (χ3v) is 7.00. The van der Waals surface area contributed by atoms with Crippen molar-refractivity contribution in [1.29, 1.82) is 0 Å². The fourth-order valence-electron chi connectivity index (χ4n) is 4.05. The molecule has 1 N–H and O–H groups in total. The van der Waals surface area contributed by atoms with Gasteiger partial charge in [-0.3, -0.25) is 9.78 Å². The van der Waals surface area contributed by atoms with Crippen LogP contribution in [0, 0.1) is 0 Å². The second-order valence-corrected chi connectivity index (χ2v) is 9.67. The molecule has 180 valence electrons. The highest BCUT2D eigenvalue weighted by atomic mass is 32.2. The zero-order chi connectivity index (χ0) is 24.5. The summed E-state index contributed by atoms with van der Waals surface area (Å²) >= 11 is 0. The number of pyridine rings is 1. The van der Waals surface area contributed by atoms with E-state index in [2.05, 4.69) is 4.98 Å². The van der Waals surface area contributed by atoms with Crippen molar-refractivity contribution in [2.75, 3.05) is 20.2 Å². The fraction of sp³-hybridized carbons (Fsp3) is 0.304. The number of hydrogen-bond acceptors (Lipinski definition) is 5. The Hall–Kier alpha value is -3.18. The van der Waals surface area contributed by atoms with E-state index in [0.29, 0.717) is 41.6 Å². The summed E-state index contributed by atoms with van der Waals surface area (Å²) in [4.78, 5) is 19.2. The van der Waals surface area contributed by atoms with Crippen LogP contribution in [0.2, 0.25) is 0 Å². The molecule has 0 aliphatic carbocycles. The molecule has 1 atom stereocenters. The molecule has 0 saturated carbocycles. The Morgan fingerprint density at radius 3 is 2.53 bits per heavy atom. The molecule has 0 bridgehead atoms. The average molecular weight is 494 g/mol. The maximum absolute atomic E-state index is 13.4. The molecule has 0 radical (unpaired) electrons. The molecule has 2 heterocycles. The zero-order valence-corrected chi connectivity index (χ0v) is 19.0. The van der Waals surface area contributed by atoms with Crippen LogP contribution in [0.1, 0.15) is 23.2 Å². The number of aromatic nitrogens is 1. The molecule has 11 heteroatoms. The first-order chi connectivity index (χ1) is 16.1. The summed E-state index contributed by atoms with van der Waals surface area (Å²) < 4.78 is 67.6. The first kappa shape index (κ1) is 24.0. The normalized spacial score (nSPS) is 16.7. The summed E-state index contributed by atoms with van der Waals surface area (Å²) in [5.74, 6) is 0.330. The predicted octanol–water partition coefficient (Wildman–Crippen LogP) is 3.95. The Bertz CT molecular complexity index is 1310. The lowest BCUT2D eigenvalue weighted by atomic mass is 10.00. The maximum atomic E-state index is 13.4. The molecule has 0 spiro atoms. The van der Waals surface area contributed by atoms with Crippen LogP contribution in [0.15, 0.2) is 54.7 Å². The molecule has 1 aromatic heterocycles. The lowest BCUT2D eigenvalue weighted by molar-refractivity contribution is -0.0448. The number of amides is 1. The van der Waals surface area contributed by atoms with Gasteiger partial charge in [-0.1, -0.05) is 18.2 Å². The Labute approximate surface area is 194 Å². The van der Waals surface area contributed by atoms with Crippen molar-refractivity contribution in [1.82, 2.24) is 14.6 Å². The Morgan fingerprint density at radius 2 is 1.85 bits per heavy atom. The van der Waals surface area contributed by atoms with E-state index < -0.39 is 28.1 Å². The van der Waals surface area contributed by atoms with Crippen LogP contribution in [0.3, 0.4) is 0 Å². The van der Waals surface area contributed by atoms with Crippen LogP contribution in [-0.2, 0) is 10.0 Å². The molecule has 4 rings (SSSR count). The van der Waals surface area contributed by atoms with Crippen molar-refractivity contribution in [3.05, 3.63) is 60.3 Å². The first-order valence-corrected chi connectivity index (χ1v) is 12.0. The van der Waals surface area contributed by atoms with Gasteiger partial charge in [0.1, 0.15) is 5.75 Å². The number of methoxy groups -OCH3 is 1. The van der Waals surface area contributed by atoms with Crippen LogP contribution in [0.25, 0.3) is 22.0 Å². The number of sulfonamides is 1. The van der Waals surface area contributed by atoms with Gasteiger partial charge in [0, 0.05) is 30.7 Å². The smallest absolute Gasteiger partial charge is 0.497 e. The minimum Gasteiger partial charge on any atom is -0.497 e. The summed E-state index contributed by atoms with van der Waals surface area (Å²) in [5, 5.41) is 0.599. The van der Waals surface area contributed by atoms with Crippen LogP contribution in [0.5, 0.6) is 5.75 Å². The minimum absolute atomic E-state index is 0.319. The third-order valence-electron chi connectivity index (χ3n) is 5.85. The van der Waals surface area contributed by atoms with Gasteiger partial charge in [-0.05, 0) is 54.3 Å². The maximum Gasteiger partial charge on any atom is 0.511 e. The van der Waals surface area contributed by atoms with Gasteiger partial charge in [-0.2, -0.15) is 13.2 Å². The van der Waals surface area contributed by atoms with E-state index in [-0.39, 0.29) is 5.91 Å². The van der Waals surface area contributed by atoms with Gasteiger partial charge < -0.3 is 9.64 Å². The molecule has 1 aliphatic heterocycles. The second-order valence-electron chi connectivity index (χ2n) is 7.91. The summed E-state index contributed by atoms with van der Waals surface area (Å²) in [5.41, 5.74) is -2.69. The Morgan fingerprint density at radius 1 is 1.15 bits per heavy atom. The van der Waals surface area contributed by atoms with Crippen LogP contribution < -0.4 is 9.46 Å². The van der Waals surface area contributed by atoms with Crippen LogP contribution in [-0.4, -0.2) is 56.0 Å². The fourth-order valence-corrected chi connectivity index (χ4v) is 4.63. The third kappa shape index (κ3) is 4.71. The number of likely N-dealkylation sites (tertiary alicyclic amines) is 1. The van der Waals surface area contributed by atoms with Crippen molar-refractivity contribution in [2.45, 2.75) is 24.4 Å². The predicted molar refractivity (Wildman–Crippen MR) is 121 cm³/mol. The van der Waals surface area contributed by atoms with Gasteiger partial charge in [-0.25, -0.2) is 13.1 Å². The van der Waals surface area contributed by atoms with Crippen molar-refractivity contribution in [2.24, 2.45) is 0 Å². The Kier molecular flexibility index (Phi) is 6.50. The number of halogens is 3. The SMILES string of the molecule is COc1ccc(-c2ccc3nccc(C(=O)N4CCC[C@H]4CNS(=O)(=O)C(F)(F)F)c3c2)cc1. The van der Waals surface area contributed by atoms with Crippen molar-refractivity contribution >= 4 is 26.8 Å². The van der Waals surface area contributed by atoms with Crippen molar-refractivity contribution < 1.29 is 31.1 Å². The molecule has 0 unspecified atom stereocenters. The first-order valence-electron chi connectivity index (χ1n) is 10.5. The van der Waals surface area contributed by atoms with E-state index in [4.69, 9.17) is 4.74 Å².